The fourth-order valence-corrected chi connectivity index (χ4v) is 3.43. The van der Waals surface area contributed by atoms with E-state index < -0.39 is 4.92 Å². The molecule has 1 aromatic heterocycles. The van der Waals surface area contributed by atoms with Crippen molar-refractivity contribution < 1.29 is 18.8 Å². The number of nitrogens with zero attached hydrogens (tertiary/aromatic N) is 2. The first-order chi connectivity index (χ1) is 13.5. The van der Waals surface area contributed by atoms with Gasteiger partial charge < -0.3 is 14.8 Å². The van der Waals surface area contributed by atoms with Gasteiger partial charge in [0.1, 0.15) is 11.6 Å². The molecule has 0 bridgehead atoms. The van der Waals surface area contributed by atoms with Gasteiger partial charge in [-0.2, -0.15) is 0 Å². The SMILES string of the molecule is Cc1cc(NCCc2cc(F)cc3c2OCOC3)c2cccc([N+](=O)[O-])c2n1. The van der Waals surface area contributed by atoms with Crippen LogP contribution in [-0.2, 0) is 17.8 Å². The van der Waals surface area contributed by atoms with Gasteiger partial charge in [-0.25, -0.2) is 9.37 Å². The van der Waals surface area contributed by atoms with Crippen molar-refractivity contribution in [3.63, 3.8) is 0 Å². The van der Waals surface area contributed by atoms with Crippen LogP contribution < -0.4 is 10.1 Å². The van der Waals surface area contributed by atoms with Crippen molar-refractivity contribution in [1.82, 2.24) is 4.98 Å². The lowest BCUT2D eigenvalue weighted by molar-refractivity contribution is -0.383. The Hall–Kier alpha value is -3.26. The molecule has 0 unspecified atom stereocenters. The summed E-state index contributed by atoms with van der Waals surface area (Å²) in [4.78, 5) is 15.2. The Bertz CT molecular complexity index is 1070. The second kappa shape index (κ2) is 7.40. The van der Waals surface area contributed by atoms with Crippen LogP contribution in [0.1, 0.15) is 16.8 Å². The molecule has 0 radical (unpaired) electrons. The van der Waals surface area contributed by atoms with E-state index in [1.54, 1.807) is 19.1 Å². The van der Waals surface area contributed by atoms with Gasteiger partial charge in [0.15, 0.2) is 12.3 Å². The van der Waals surface area contributed by atoms with Crippen molar-refractivity contribution in [2.24, 2.45) is 0 Å². The molecule has 2 aromatic carbocycles. The van der Waals surface area contributed by atoms with Crippen LogP contribution >= 0.6 is 0 Å². The number of non-ortho nitro benzene ring substituents is 1. The van der Waals surface area contributed by atoms with Crippen LogP contribution in [0, 0.1) is 22.9 Å². The number of nitrogens with one attached hydrogen (secondary N) is 1. The smallest absolute Gasteiger partial charge is 0.295 e. The van der Waals surface area contributed by atoms with E-state index in [1.807, 2.05) is 6.07 Å². The van der Waals surface area contributed by atoms with Crippen LogP contribution in [0.2, 0.25) is 0 Å². The number of anilines is 1. The van der Waals surface area contributed by atoms with Crippen LogP contribution in [0.4, 0.5) is 15.8 Å². The monoisotopic (exact) mass is 383 g/mol. The molecule has 0 saturated heterocycles. The summed E-state index contributed by atoms with van der Waals surface area (Å²) in [6, 6.07) is 9.60. The number of benzene rings is 2. The van der Waals surface area contributed by atoms with E-state index in [0.29, 0.717) is 47.5 Å². The highest BCUT2D eigenvalue weighted by Crippen LogP contribution is 2.31. The second-order valence-electron chi connectivity index (χ2n) is 6.58. The van der Waals surface area contributed by atoms with Crippen LogP contribution in [0.15, 0.2) is 36.4 Å². The number of nitro benzene ring substituents is 1. The summed E-state index contributed by atoms with van der Waals surface area (Å²) in [6.07, 6.45) is 0.526. The molecule has 1 N–H and O–H groups in total. The van der Waals surface area contributed by atoms with E-state index in [4.69, 9.17) is 9.47 Å². The molecule has 8 heteroatoms. The van der Waals surface area contributed by atoms with E-state index in [1.165, 1.54) is 18.2 Å². The first-order valence-corrected chi connectivity index (χ1v) is 8.83. The number of ether oxygens (including phenoxy) is 2. The van der Waals surface area contributed by atoms with Gasteiger partial charge in [-0.05, 0) is 37.1 Å². The molecule has 1 aliphatic rings. The first kappa shape index (κ1) is 18.1. The Morgan fingerprint density at radius 1 is 1.32 bits per heavy atom. The number of aromatic nitrogens is 1. The molecule has 28 heavy (non-hydrogen) atoms. The maximum atomic E-state index is 13.9. The van der Waals surface area contributed by atoms with E-state index in [-0.39, 0.29) is 18.3 Å². The standard InChI is InChI=1S/C20H18FN3O4/c1-12-7-17(16-3-2-4-18(24(25)26)19(16)23-12)22-6-5-13-8-15(21)9-14-10-27-11-28-20(13)14/h2-4,7-9H,5-6,10-11H2,1H3,(H,22,23). The minimum absolute atomic E-state index is 0.0307. The summed E-state index contributed by atoms with van der Waals surface area (Å²) >= 11 is 0. The second-order valence-corrected chi connectivity index (χ2v) is 6.58. The number of aryl methyl sites for hydroxylation is 1. The lowest BCUT2D eigenvalue weighted by atomic mass is 10.0. The largest absolute Gasteiger partial charge is 0.467 e. The third-order valence-corrected chi connectivity index (χ3v) is 4.60. The number of hydrogen-bond donors (Lipinski definition) is 1. The summed E-state index contributed by atoms with van der Waals surface area (Å²) in [6.45, 7) is 2.77. The van der Waals surface area contributed by atoms with E-state index in [2.05, 4.69) is 10.3 Å². The van der Waals surface area contributed by atoms with Gasteiger partial charge >= 0.3 is 0 Å². The fourth-order valence-electron chi connectivity index (χ4n) is 3.43. The summed E-state index contributed by atoms with van der Waals surface area (Å²) in [5, 5.41) is 15.3. The zero-order chi connectivity index (χ0) is 19.7. The van der Waals surface area contributed by atoms with Gasteiger partial charge in [0.05, 0.1) is 11.5 Å². The number of pyridine rings is 1. The highest BCUT2D eigenvalue weighted by Gasteiger charge is 2.18. The number of halogens is 1. The van der Waals surface area contributed by atoms with Gasteiger partial charge in [0.2, 0.25) is 0 Å². The van der Waals surface area contributed by atoms with Crippen molar-refractivity contribution >= 4 is 22.3 Å². The summed E-state index contributed by atoms with van der Waals surface area (Å²) in [7, 11) is 0. The Kier molecular flexibility index (Phi) is 4.79. The maximum Gasteiger partial charge on any atom is 0.295 e. The van der Waals surface area contributed by atoms with Crippen molar-refractivity contribution in [3.8, 4) is 5.75 Å². The maximum absolute atomic E-state index is 13.9. The van der Waals surface area contributed by atoms with Crippen molar-refractivity contribution in [2.45, 2.75) is 20.0 Å². The Labute approximate surface area is 160 Å². The predicted octanol–water partition coefficient (Wildman–Crippen LogP) is 4.11. The number of fused-ring (bicyclic) bond motifs is 2. The molecule has 0 spiro atoms. The molecular formula is C20H18FN3O4. The molecule has 2 heterocycles. The van der Waals surface area contributed by atoms with Crippen molar-refractivity contribution in [3.05, 3.63) is 69.2 Å². The molecule has 7 nitrogen and oxygen atoms in total. The highest BCUT2D eigenvalue weighted by atomic mass is 19.1. The predicted molar refractivity (Wildman–Crippen MR) is 102 cm³/mol. The van der Waals surface area contributed by atoms with Gasteiger partial charge in [0.25, 0.3) is 5.69 Å². The first-order valence-electron chi connectivity index (χ1n) is 8.83. The van der Waals surface area contributed by atoms with Gasteiger partial charge in [-0.1, -0.05) is 12.1 Å². The molecule has 0 atom stereocenters. The fraction of sp³-hybridized carbons (Fsp3) is 0.250. The molecule has 4 rings (SSSR count). The average Bonchev–Trinajstić information content (AvgIpc) is 2.67. The summed E-state index contributed by atoms with van der Waals surface area (Å²) in [5.74, 6) is 0.338. The number of nitro groups is 1. The van der Waals surface area contributed by atoms with Crippen LogP contribution in [0.5, 0.6) is 5.75 Å². The molecule has 0 aliphatic carbocycles. The number of rotatable bonds is 5. The molecule has 3 aromatic rings. The molecule has 1 aliphatic heterocycles. The minimum Gasteiger partial charge on any atom is -0.467 e. The van der Waals surface area contributed by atoms with E-state index in [0.717, 1.165) is 11.3 Å². The zero-order valence-corrected chi connectivity index (χ0v) is 15.2. The Balaban J connectivity index is 1.60. The van der Waals surface area contributed by atoms with Gasteiger partial charge in [0, 0.05) is 34.9 Å². The molecular weight excluding hydrogens is 365 g/mol. The minimum atomic E-state index is -0.434. The lowest BCUT2D eigenvalue weighted by Gasteiger charge is -2.21. The zero-order valence-electron chi connectivity index (χ0n) is 15.2. The van der Waals surface area contributed by atoms with E-state index in [9.17, 15) is 14.5 Å². The quantitative estimate of drug-likeness (QED) is 0.527. The average molecular weight is 383 g/mol. The van der Waals surface area contributed by atoms with Crippen LogP contribution in [-0.4, -0.2) is 23.2 Å². The number of para-hydroxylation sites is 1. The Morgan fingerprint density at radius 3 is 3.00 bits per heavy atom. The lowest BCUT2D eigenvalue weighted by Crippen LogP contribution is -2.15. The highest BCUT2D eigenvalue weighted by molar-refractivity contribution is 5.96. The topological polar surface area (TPSA) is 86.5 Å². The molecule has 0 amide bonds. The summed E-state index contributed by atoms with van der Waals surface area (Å²) < 4.78 is 24.6. The molecule has 0 saturated carbocycles. The van der Waals surface area contributed by atoms with E-state index >= 15 is 0 Å². The normalized spacial score (nSPS) is 13.1. The van der Waals surface area contributed by atoms with Crippen molar-refractivity contribution in [2.75, 3.05) is 18.7 Å². The van der Waals surface area contributed by atoms with Crippen LogP contribution in [0.3, 0.4) is 0 Å². The van der Waals surface area contributed by atoms with Crippen LogP contribution in [0.25, 0.3) is 10.9 Å². The third-order valence-electron chi connectivity index (χ3n) is 4.60. The summed E-state index contributed by atoms with van der Waals surface area (Å²) in [5.41, 5.74) is 3.19. The Morgan fingerprint density at radius 2 is 2.18 bits per heavy atom. The molecule has 144 valence electrons. The number of hydrogen-bond acceptors (Lipinski definition) is 6. The van der Waals surface area contributed by atoms with Gasteiger partial charge in [-0.15, -0.1) is 0 Å². The van der Waals surface area contributed by atoms with Gasteiger partial charge in [-0.3, -0.25) is 10.1 Å². The third kappa shape index (κ3) is 3.46. The molecule has 0 fully saturated rings. The van der Waals surface area contributed by atoms with Crippen molar-refractivity contribution in [1.29, 1.82) is 0 Å².